The number of carbonyl (C=O) groups excluding carboxylic acids is 1. The standard InChI is InChI=1S/C10H10O4/c1-8(12-2)10(11)14-13-9-6-4-3-5-7-9/h3-7H,1H2,2H3. The van der Waals surface area contributed by atoms with Crippen LogP contribution in [0.4, 0.5) is 0 Å². The van der Waals surface area contributed by atoms with Crippen LogP contribution in [0.3, 0.4) is 0 Å². The molecule has 0 saturated carbocycles. The molecule has 0 aliphatic carbocycles. The molecule has 0 radical (unpaired) electrons. The van der Waals surface area contributed by atoms with Crippen molar-refractivity contribution in [2.24, 2.45) is 0 Å². The van der Waals surface area contributed by atoms with Gasteiger partial charge in [-0.25, -0.2) is 9.68 Å². The van der Waals surface area contributed by atoms with Crippen molar-refractivity contribution in [3.8, 4) is 5.75 Å². The van der Waals surface area contributed by atoms with E-state index in [0.717, 1.165) is 0 Å². The second kappa shape index (κ2) is 4.91. The van der Waals surface area contributed by atoms with Gasteiger partial charge in [0.25, 0.3) is 0 Å². The zero-order chi connectivity index (χ0) is 10.4. The van der Waals surface area contributed by atoms with E-state index in [-0.39, 0.29) is 5.76 Å². The van der Waals surface area contributed by atoms with Crippen LogP contribution in [0, 0.1) is 0 Å². The quantitative estimate of drug-likeness (QED) is 0.316. The van der Waals surface area contributed by atoms with Gasteiger partial charge in [-0.15, -0.1) is 0 Å². The van der Waals surface area contributed by atoms with Crippen molar-refractivity contribution in [1.82, 2.24) is 0 Å². The lowest BCUT2D eigenvalue weighted by Crippen LogP contribution is -2.10. The molecular weight excluding hydrogens is 184 g/mol. The summed E-state index contributed by atoms with van der Waals surface area (Å²) < 4.78 is 4.55. The Morgan fingerprint density at radius 3 is 2.50 bits per heavy atom. The smallest absolute Gasteiger partial charge is 0.419 e. The molecule has 14 heavy (non-hydrogen) atoms. The topological polar surface area (TPSA) is 44.8 Å². The van der Waals surface area contributed by atoms with Crippen LogP contribution in [0.15, 0.2) is 42.7 Å². The van der Waals surface area contributed by atoms with Gasteiger partial charge in [0.1, 0.15) is 0 Å². The molecule has 0 heterocycles. The third-order valence-corrected chi connectivity index (χ3v) is 1.43. The van der Waals surface area contributed by atoms with Crippen LogP contribution in [-0.2, 0) is 14.4 Å². The Kier molecular flexibility index (Phi) is 3.55. The Morgan fingerprint density at radius 1 is 1.29 bits per heavy atom. The van der Waals surface area contributed by atoms with Crippen LogP contribution in [0.5, 0.6) is 5.75 Å². The maximum Gasteiger partial charge on any atom is 0.419 e. The molecule has 1 rings (SSSR count). The van der Waals surface area contributed by atoms with Crippen molar-refractivity contribution >= 4 is 5.97 Å². The number of carbonyl (C=O) groups is 1. The van der Waals surface area contributed by atoms with Crippen molar-refractivity contribution < 1.29 is 19.3 Å². The first kappa shape index (κ1) is 10.1. The van der Waals surface area contributed by atoms with Crippen molar-refractivity contribution in [3.05, 3.63) is 42.7 Å². The number of methoxy groups -OCH3 is 1. The van der Waals surface area contributed by atoms with Gasteiger partial charge in [-0.2, -0.15) is 0 Å². The average Bonchev–Trinajstić information content (AvgIpc) is 2.26. The summed E-state index contributed by atoms with van der Waals surface area (Å²) in [6.07, 6.45) is 0. The number of hydrogen-bond acceptors (Lipinski definition) is 4. The zero-order valence-corrected chi connectivity index (χ0v) is 7.73. The van der Waals surface area contributed by atoms with E-state index in [1.54, 1.807) is 24.3 Å². The molecule has 0 aliphatic rings. The summed E-state index contributed by atoms with van der Waals surface area (Å²) in [6.45, 7) is 3.31. The highest BCUT2D eigenvalue weighted by molar-refractivity contribution is 5.85. The minimum atomic E-state index is -0.753. The SMILES string of the molecule is C=C(OC)C(=O)OOc1ccccc1. The Bertz CT molecular complexity index is 318. The molecule has 0 aromatic heterocycles. The molecule has 0 atom stereocenters. The Labute approximate surface area is 81.6 Å². The minimum absolute atomic E-state index is 0.110. The van der Waals surface area contributed by atoms with E-state index in [2.05, 4.69) is 16.2 Å². The molecule has 4 heteroatoms. The maximum absolute atomic E-state index is 11.0. The highest BCUT2D eigenvalue weighted by Gasteiger charge is 2.10. The van der Waals surface area contributed by atoms with E-state index in [9.17, 15) is 4.79 Å². The van der Waals surface area contributed by atoms with Crippen LogP contribution in [0.1, 0.15) is 0 Å². The summed E-state index contributed by atoms with van der Waals surface area (Å²) in [7, 11) is 1.33. The molecule has 4 nitrogen and oxygen atoms in total. The Morgan fingerprint density at radius 2 is 1.93 bits per heavy atom. The Hall–Kier alpha value is -1.97. The fraction of sp³-hybridized carbons (Fsp3) is 0.100. The fourth-order valence-corrected chi connectivity index (χ4v) is 0.692. The number of hydrogen-bond donors (Lipinski definition) is 0. The number of rotatable bonds is 4. The van der Waals surface area contributed by atoms with E-state index in [1.807, 2.05) is 6.07 Å². The third kappa shape index (κ3) is 2.82. The molecular formula is C10H10O4. The molecule has 0 fully saturated rings. The molecule has 0 saturated heterocycles. The summed E-state index contributed by atoms with van der Waals surface area (Å²) in [6, 6.07) is 8.65. The largest absolute Gasteiger partial charge is 0.490 e. The van der Waals surface area contributed by atoms with Crippen molar-refractivity contribution in [2.45, 2.75) is 0 Å². The lowest BCUT2D eigenvalue weighted by molar-refractivity contribution is -0.211. The van der Waals surface area contributed by atoms with E-state index >= 15 is 0 Å². The van der Waals surface area contributed by atoms with Crippen LogP contribution in [-0.4, -0.2) is 13.1 Å². The van der Waals surface area contributed by atoms with Gasteiger partial charge in [0.2, 0.25) is 5.76 Å². The lowest BCUT2D eigenvalue weighted by Gasteiger charge is -2.04. The molecule has 74 valence electrons. The molecule has 0 aliphatic heterocycles. The first-order valence-corrected chi connectivity index (χ1v) is 3.91. The van der Waals surface area contributed by atoms with Crippen molar-refractivity contribution in [2.75, 3.05) is 7.11 Å². The van der Waals surface area contributed by atoms with Gasteiger partial charge in [-0.1, -0.05) is 18.2 Å². The second-order valence-electron chi connectivity index (χ2n) is 2.39. The molecule has 1 aromatic rings. The van der Waals surface area contributed by atoms with Crippen LogP contribution < -0.4 is 4.89 Å². The highest BCUT2D eigenvalue weighted by atomic mass is 17.2. The van der Waals surface area contributed by atoms with Crippen molar-refractivity contribution in [1.29, 1.82) is 0 Å². The summed E-state index contributed by atoms with van der Waals surface area (Å²) in [5, 5.41) is 0. The highest BCUT2D eigenvalue weighted by Crippen LogP contribution is 2.09. The van der Waals surface area contributed by atoms with Crippen molar-refractivity contribution in [3.63, 3.8) is 0 Å². The van der Waals surface area contributed by atoms with Gasteiger partial charge in [0, 0.05) is 0 Å². The molecule has 0 unspecified atom stereocenters. The van der Waals surface area contributed by atoms with E-state index in [4.69, 9.17) is 4.89 Å². The minimum Gasteiger partial charge on any atom is -0.490 e. The summed E-state index contributed by atoms with van der Waals surface area (Å²) in [5.41, 5.74) is 0. The number of ether oxygens (including phenoxy) is 1. The first-order chi connectivity index (χ1) is 6.74. The molecule has 0 bridgehead atoms. The van der Waals surface area contributed by atoms with E-state index < -0.39 is 5.97 Å². The second-order valence-corrected chi connectivity index (χ2v) is 2.39. The lowest BCUT2D eigenvalue weighted by atomic mass is 10.3. The van der Waals surface area contributed by atoms with Gasteiger partial charge in [0.15, 0.2) is 5.75 Å². The fourth-order valence-electron chi connectivity index (χ4n) is 0.692. The zero-order valence-electron chi connectivity index (χ0n) is 7.73. The average molecular weight is 194 g/mol. The first-order valence-electron chi connectivity index (χ1n) is 3.91. The predicted molar refractivity (Wildman–Crippen MR) is 49.3 cm³/mol. The summed E-state index contributed by atoms with van der Waals surface area (Å²) in [4.78, 5) is 20.1. The van der Waals surface area contributed by atoms with Gasteiger partial charge in [-0.3, -0.25) is 4.89 Å². The third-order valence-electron chi connectivity index (χ3n) is 1.43. The predicted octanol–water partition coefficient (Wildman–Crippen LogP) is 1.68. The van der Waals surface area contributed by atoms with E-state index in [0.29, 0.717) is 5.75 Å². The Balaban J connectivity index is 2.42. The van der Waals surface area contributed by atoms with Crippen LogP contribution >= 0.6 is 0 Å². The van der Waals surface area contributed by atoms with E-state index in [1.165, 1.54) is 7.11 Å². The summed E-state index contributed by atoms with van der Waals surface area (Å²) in [5.74, 6) is -0.429. The number of benzene rings is 1. The number of para-hydroxylation sites is 1. The molecule has 0 N–H and O–H groups in total. The van der Waals surface area contributed by atoms with Gasteiger partial charge >= 0.3 is 5.97 Å². The van der Waals surface area contributed by atoms with Gasteiger partial charge in [0.05, 0.1) is 7.11 Å². The maximum atomic E-state index is 11.0. The monoisotopic (exact) mass is 194 g/mol. The normalized spacial score (nSPS) is 8.93. The summed E-state index contributed by atoms with van der Waals surface area (Å²) >= 11 is 0. The van der Waals surface area contributed by atoms with Crippen LogP contribution in [0.25, 0.3) is 0 Å². The van der Waals surface area contributed by atoms with Gasteiger partial charge < -0.3 is 4.74 Å². The molecule has 0 amide bonds. The molecule has 1 aromatic carbocycles. The van der Waals surface area contributed by atoms with Crippen LogP contribution in [0.2, 0.25) is 0 Å². The molecule has 0 spiro atoms. The van der Waals surface area contributed by atoms with Gasteiger partial charge in [-0.05, 0) is 18.7 Å².